The molecule has 0 bridgehead atoms. The topological polar surface area (TPSA) is 54.4 Å². The fourth-order valence-corrected chi connectivity index (χ4v) is 2.98. The molecule has 1 saturated carbocycles. The second-order valence-corrected chi connectivity index (χ2v) is 6.62. The van der Waals surface area contributed by atoms with Gasteiger partial charge in [0.15, 0.2) is 0 Å². The van der Waals surface area contributed by atoms with Gasteiger partial charge in [-0.1, -0.05) is 44.5 Å². The average molecular weight is 297 g/mol. The van der Waals surface area contributed by atoms with Crippen molar-refractivity contribution in [2.75, 3.05) is 0 Å². The predicted molar refractivity (Wildman–Crippen MR) is 80.0 cm³/mol. The number of hydrogen-bond acceptors (Lipinski definition) is 2. The van der Waals surface area contributed by atoms with Crippen molar-refractivity contribution in [2.45, 2.75) is 40.0 Å². The van der Waals surface area contributed by atoms with E-state index in [-0.39, 0.29) is 17.3 Å². The summed E-state index contributed by atoms with van der Waals surface area (Å²) in [5, 5.41) is 7.64. The Morgan fingerprint density at radius 2 is 1.70 bits per heavy atom. The van der Waals surface area contributed by atoms with E-state index in [0.29, 0.717) is 5.78 Å². The second-order valence-electron chi connectivity index (χ2n) is 6.18. The highest BCUT2D eigenvalue weighted by Gasteiger charge is 2.48. The molecule has 4 heteroatoms. The summed E-state index contributed by atoms with van der Waals surface area (Å²) in [7, 11) is 0. The van der Waals surface area contributed by atoms with Gasteiger partial charge in [0, 0.05) is 15.9 Å². The van der Waals surface area contributed by atoms with E-state index < -0.39 is 0 Å². The molecule has 1 aromatic carbocycles. The first-order chi connectivity index (χ1) is 9.25. The number of Topliss-reactive ketones (excluding diaryl/α,β-unsaturated/α-hetero) is 1. The van der Waals surface area contributed by atoms with Gasteiger partial charge in [-0.25, -0.2) is 0 Å². The molecule has 0 heterocycles. The zero-order chi connectivity index (χ0) is 15.4. The maximum Gasteiger partial charge on any atom is 0.290 e. The first-order valence-corrected chi connectivity index (χ1v) is 7.00. The van der Waals surface area contributed by atoms with Gasteiger partial charge in [0.25, 0.3) is 6.47 Å². The largest absolute Gasteiger partial charge is 0.483 e. The van der Waals surface area contributed by atoms with E-state index in [0.717, 1.165) is 24.3 Å². The van der Waals surface area contributed by atoms with E-state index >= 15 is 0 Å². The lowest BCUT2D eigenvalue weighted by Gasteiger charge is -2.25. The molecule has 3 nitrogen and oxygen atoms in total. The van der Waals surface area contributed by atoms with E-state index in [1.807, 2.05) is 24.3 Å². The summed E-state index contributed by atoms with van der Waals surface area (Å²) in [6, 6.07) is 7.83. The van der Waals surface area contributed by atoms with Crippen LogP contribution in [0.3, 0.4) is 0 Å². The van der Waals surface area contributed by atoms with E-state index in [1.54, 1.807) is 0 Å². The van der Waals surface area contributed by atoms with Gasteiger partial charge in [-0.2, -0.15) is 0 Å². The van der Waals surface area contributed by atoms with E-state index in [2.05, 4.69) is 20.8 Å². The summed E-state index contributed by atoms with van der Waals surface area (Å²) >= 11 is 5.87. The van der Waals surface area contributed by atoms with Crippen LogP contribution in [0, 0.1) is 10.8 Å². The molecule has 1 atom stereocenters. The third-order valence-corrected chi connectivity index (χ3v) is 4.22. The zero-order valence-corrected chi connectivity index (χ0v) is 12.9. The van der Waals surface area contributed by atoms with Gasteiger partial charge in [0.05, 0.1) is 0 Å². The molecule has 0 aliphatic heterocycles. The fourth-order valence-electron chi connectivity index (χ4n) is 2.85. The lowest BCUT2D eigenvalue weighted by Crippen LogP contribution is -2.31. The number of hydrogen-bond donors (Lipinski definition) is 1. The third kappa shape index (κ3) is 3.83. The normalized spacial score (nSPS) is 23.9. The van der Waals surface area contributed by atoms with Gasteiger partial charge < -0.3 is 5.11 Å². The van der Waals surface area contributed by atoms with Crippen molar-refractivity contribution in [2.24, 2.45) is 10.8 Å². The van der Waals surface area contributed by atoms with Crippen molar-refractivity contribution < 1.29 is 14.7 Å². The Morgan fingerprint density at radius 1 is 1.20 bits per heavy atom. The van der Waals surface area contributed by atoms with Gasteiger partial charge >= 0.3 is 0 Å². The standard InChI is InChI=1S/C15H19ClO.CH2O2/c1-14(2)8-9-15(3,13(14)17)10-11-4-6-12(16)7-5-11;2-1-3/h4-7H,8-10H2,1-3H3;1H,(H,2,3). The highest BCUT2D eigenvalue weighted by molar-refractivity contribution is 6.30. The first kappa shape index (κ1) is 16.7. The van der Waals surface area contributed by atoms with Crippen LogP contribution < -0.4 is 0 Å². The van der Waals surface area contributed by atoms with Crippen LogP contribution in [-0.2, 0) is 16.0 Å². The Morgan fingerprint density at radius 3 is 2.10 bits per heavy atom. The molecule has 1 unspecified atom stereocenters. The Hall–Kier alpha value is -1.35. The molecule has 2 rings (SSSR count). The number of benzene rings is 1. The second kappa shape index (κ2) is 6.40. The molecule has 0 saturated heterocycles. The molecule has 0 radical (unpaired) electrons. The molecule has 1 aromatic rings. The number of rotatable bonds is 2. The smallest absolute Gasteiger partial charge is 0.290 e. The van der Waals surface area contributed by atoms with Crippen LogP contribution in [0.15, 0.2) is 24.3 Å². The molecule has 1 fully saturated rings. The number of carbonyl (C=O) groups is 2. The summed E-state index contributed by atoms with van der Waals surface area (Å²) in [6.07, 6.45) is 2.81. The minimum Gasteiger partial charge on any atom is -0.483 e. The molecule has 1 aliphatic carbocycles. The SMILES string of the molecule is CC1(C)CCC(C)(Cc2ccc(Cl)cc2)C1=O.O=CO. The molecule has 20 heavy (non-hydrogen) atoms. The highest BCUT2D eigenvalue weighted by atomic mass is 35.5. The minimum atomic E-state index is -0.250. The van der Waals surface area contributed by atoms with E-state index in [4.69, 9.17) is 21.5 Å². The molecule has 0 spiro atoms. The molecule has 110 valence electrons. The summed E-state index contributed by atoms with van der Waals surface area (Å²) in [4.78, 5) is 20.8. The van der Waals surface area contributed by atoms with Crippen LogP contribution in [0.5, 0.6) is 0 Å². The maximum atomic E-state index is 12.4. The van der Waals surface area contributed by atoms with Crippen molar-refractivity contribution in [1.29, 1.82) is 0 Å². The molecule has 0 aromatic heterocycles. The number of carboxylic acid groups (broad SMARTS) is 1. The number of halogens is 1. The lowest BCUT2D eigenvalue weighted by atomic mass is 9.77. The Labute approximate surface area is 125 Å². The third-order valence-electron chi connectivity index (χ3n) is 3.97. The van der Waals surface area contributed by atoms with Gasteiger partial charge in [-0.3, -0.25) is 9.59 Å². The predicted octanol–water partition coefficient (Wildman–Crippen LogP) is 3.98. The molecule has 0 amide bonds. The van der Waals surface area contributed by atoms with Gasteiger partial charge in [-0.15, -0.1) is 0 Å². The summed E-state index contributed by atoms with van der Waals surface area (Å²) < 4.78 is 0. The van der Waals surface area contributed by atoms with Crippen molar-refractivity contribution in [1.82, 2.24) is 0 Å². The van der Waals surface area contributed by atoms with Crippen LogP contribution >= 0.6 is 11.6 Å². The molecular weight excluding hydrogens is 276 g/mol. The van der Waals surface area contributed by atoms with Crippen LogP contribution in [0.1, 0.15) is 39.2 Å². The quantitative estimate of drug-likeness (QED) is 0.840. The average Bonchev–Trinajstić information content (AvgIpc) is 2.58. The number of ketones is 1. The van der Waals surface area contributed by atoms with Crippen molar-refractivity contribution in [3.8, 4) is 0 Å². The fraction of sp³-hybridized carbons (Fsp3) is 0.500. The monoisotopic (exact) mass is 296 g/mol. The summed E-state index contributed by atoms with van der Waals surface area (Å²) in [5.41, 5.74) is 0.848. The van der Waals surface area contributed by atoms with Crippen LogP contribution in [0.4, 0.5) is 0 Å². The van der Waals surface area contributed by atoms with Crippen LogP contribution in [0.2, 0.25) is 5.02 Å². The number of carbonyl (C=O) groups excluding carboxylic acids is 1. The van der Waals surface area contributed by atoms with Crippen molar-refractivity contribution >= 4 is 23.9 Å². The van der Waals surface area contributed by atoms with Crippen molar-refractivity contribution in [3.63, 3.8) is 0 Å². The Balaban J connectivity index is 0.000000612. The van der Waals surface area contributed by atoms with E-state index in [9.17, 15) is 4.79 Å². The Kier molecular flexibility index (Phi) is 5.35. The minimum absolute atomic E-state index is 0.152. The zero-order valence-electron chi connectivity index (χ0n) is 12.1. The lowest BCUT2D eigenvalue weighted by molar-refractivity contribution is -0.131. The maximum absolute atomic E-state index is 12.4. The highest BCUT2D eigenvalue weighted by Crippen LogP contribution is 2.47. The van der Waals surface area contributed by atoms with Crippen LogP contribution in [-0.4, -0.2) is 17.4 Å². The molecule has 1 aliphatic rings. The van der Waals surface area contributed by atoms with Gasteiger partial charge in [0.2, 0.25) is 0 Å². The van der Waals surface area contributed by atoms with Crippen LogP contribution in [0.25, 0.3) is 0 Å². The molecule has 1 N–H and O–H groups in total. The van der Waals surface area contributed by atoms with E-state index in [1.165, 1.54) is 5.56 Å². The summed E-state index contributed by atoms with van der Waals surface area (Å²) in [6.45, 7) is 5.96. The Bertz CT molecular complexity index is 479. The van der Waals surface area contributed by atoms with Gasteiger partial charge in [0.1, 0.15) is 5.78 Å². The van der Waals surface area contributed by atoms with Crippen molar-refractivity contribution in [3.05, 3.63) is 34.9 Å². The van der Waals surface area contributed by atoms with Gasteiger partial charge in [-0.05, 0) is 37.0 Å². The summed E-state index contributed by atoms with van der Waals surface area (Å²) in [5.74, 6) is 0.403. The first-order valence-electron chi connectivity index (χ1n) is 6.62. The molecular formula is C16H21ClO3.